The van der Waals surface area contributed by atoms with Crippen molar-refractivity contribution in [2.24, 2.45) is 5.14 Å². The molecule has 1 unspecified atom stereocenters. The summed E-state index contributed by atoms with van der Waals surface area (Å²) in [6.45, 7) is 1.89. The van der Waals surface area contributed by atoms with Crippen molar-refractivity contribution in [2.45, 2.75) is 49.8 Å². The van der Waals surface area contributed by atoms with Crippen molar-refractivity contribution in [2.75, 3.05) is 0 Å². The predicted molar refractivity (Wildman–Crippen MR) is 83.1 cm³/mol. The van der Waals surface area contributed by atoms with Crippen molar-refractivity contribution in [3.63, 3.8) is 0 Å². The molecule has 1 fully saturated rings. The monoisotopic (exact) mass is 304 g/mol. The highest BCUT2D eigenvalue weighted by Crippen LogP contribution is 2.38. The number of hydrogen-bond donors (Lipinski definition) is 1. The van der Waals surface area contributed by atoms with Crippen LogP contribution in [0.4, 0.5) is 0 Å². The highest BCUT2D eigenvalue weighted by Gasteiger charge is 2.24. The Hall–Kier alpha value is -1.30. The van der Waals surface area contributed by atoms with E-state index >= 15 is 0 Å². The third kappa shape index (κ3) is 3.15. The molecule has 4 nitrogen and oxygen atoms in total. The fourth-order valence-electron chi connectivity index (χ4n) is 3.04. The summed E-state index contributed by atoms with van der Waals surface area (Å²) in [5.74, 6) is 2.06. The number of nitrogens with zero attached hydrogens (tertiary/aromatic N) is 1. The minimum atomic E-state index is -1.44. The lowest BCUT2D eigenvalue weighted by Crippen LogP contribution is -2.11. The van der Waals surface area contributed by atoms with E-state index in [1.54, 1.807) is 12.1 Å². The fraction of sp³-hybridized carbons (Fsp3) is 0.438. The summed E-state index contributed by atoms with van der Waals surface area (Å²) in [7, 11) is 0. The Balaban J connectivity index is 1.94. The Kier molecular flexibility index (Phi) is 4.33. The zero-order chi connectivity index (χ0) is 14.8. The van der Waals surface area contributed by atoms with Crippen LogP contribution >= 0.6 is 0 Å². The van der Waals surface area contributed by atoms with Gasteiger partial charge in [0, 0.05) is 18.4 Å². The molecule has 2 aromatic rings. The summed E-state index contributed by atoms with van der Waals surface area (Å²) in [6.07, 6.45) is 6.22. The first kappa shape index (κ1) is 14.6. The maximum Gasteiger partial charge on any atom is 0.192 e. The molecule has 0 spiro atoms. The SMILES string of the molecule is Cc1nc(C2CCCCC2)c(-c2ccc([S+](N)[O-])cc2)o1. The molecular weight excluding hydrogens is 284 g/mol. The quantitative estimate of drug-likeness (QED) is 0.878. The first-order valence-corrected chi connectivity index (χ1v) is 8.60. The minimum absolute atomic E-state index is 0.495. The lowest BCUT2D eigenvalue weighted by molar-refractivity contribution is 0.437. The van der Waals surface area contributed by atoms with Crippen LogP contribution in [-0.2, 0) is 11.4 Å². The van der Waals surface area contributed by atoms with Gasteiger partial charge < -0.3 is 8.97 Å². The van der Waals surface area contributed by atoms with Gasteiger partial charge >= 0.3 is 0 Å². The molecule has 1 saturated carbocycles. The van der Waals surface area contributed by atoms with Gasteiger partial charge in [0.1, 0.15) is 0 Å². The Labute approximate surface area is 128 Å². The molecule has 112 valence electrons. The third-order valence-corrected chi connectivity index (χ3v) is 4.84. The summed E-state index contributed by atoms with van der Waals surface area (Å²) >= 11 is -1.44. The van der Waals surface area contributed by atoms with Crippen LogP contribution in [0.25, 0.3) is 11.3 Å². The van der Waals surface area contributed by atoms with Gasteiger partial charge in [-0.15, -0.1) is 5.14 Å². The van der Waals surface area contributed by atoms with Gasteiger partial charge in [-0.2, -0.15) is 0 Å². The van der Waals surface area contributed by atoms with Gasteiger partial charge in [0.25, 0.3) is 0 Å². The molecule has 0 aliphatic heterocycles. The van der Waals surface area contributed by atoms with Crippen LogP contribution in [0.5, 0.6) is 0 Å². The zero-order valence-corrected chi connectivity index (χ0v) is 13.0. The van der Waals surface area contributed by atoms with Gasteiger partial charge in [0.15, 0.2) is 16.5 Å². The van der Waals surface area contributed by atoms with Gasteiger partial charge in [-0.25, -0.2) is 4.98 Å². The highest BCUT2D eigenvalue weighted by molar-refractivity contribution is 7.89. The van der Waals surface area contributed by atoms with Crippen LogP contribution in [0, 0.1) is 6.92 Å². The average molecular weight is 304 g/mol. The van der Waals surface area contributed by atoms with Crippen molar-refractivity contribution in [3.8, 4) is 11.3 Å². The first-order valence-electron chi connectivity index (χ1n) is 7.39. The fourth-order valence-corrected chi connectivity index (χ4v) is 3.45. The largest absolute Gasteiger partial charge is 0.593 e. The van der Waals surface area contributed by atoms with E-state index in [0.717, 1.165) is 17.0 Å². The van der Waals surface area contributed by atoms with Crippen molar-refractivity contribution in [1.82, 2.24) is 4.98 Å². The van der Waals surface area contributed by atoms with Crippen LogP contribution in [0.1, 0.15) is 49.6 Å². The second-order valence-electron chi connectivity index (χ2n) is 5.60. The van der Waals surface area contributed by atoms with Crippen LogP contribution < -0.4 is 5.14 Å². The average Bonchev–Trinajstić information content (AvgIpc) is 2.90. The molecule has 1 aromatic heterocycles. The van der Waals surface area contributed by atoms with E-state index in [1.807, 2.05) is 19.1 Å². The Bertz CT molecular complexity index is 601. The number of benzene rings is 1. The minimum Gasteiger partial charge on any atom is -0.593 e. The number of nitrogens with two attached hydrogens (primary N) is 1. The van der Waals surface area contributed by atoms with E-state index in [-0.39, 0.29) is 0 Å². The van der Waals surface area contributed by atoms with Crippen molar-refractivity contribution in [1.29, 1.82) is 0 Å². The van der Waals surface area contributed by atoms with Crippen LogP contribution in [0.2, 0.25) is 0 Å². The van der Waals surface area contributed by atoms with Crippen molar-refractivity contribution < 1.29 is 8.97 Å². The number of hydrogen-bond acceptors (Lipinski definition) is 4. The standard InChI is InChI=1S/C16H20N2O2S/c1-11-18-15(12-5-3-2-4-6-12)16(20-11)13-7-9-14(10-8-13)21(17)19/h7-10,12H,2-6,17H2,1H3. The number of oxazole rings is 1. The van der Waals surface area contributed by atoms with Crippen LogP contribution in [0.15, 0.2) is 33.6 Å². The second kappa shape index (κ2) is 6.22. The van der Waals surface area contributed by atoms with Crippen molar-refractivity contribution in [3.05, 3.63) is 35.9 Å². The molecule has 21 heavy (non-hydrogen) atoms. The summed E-state index contributed by atoms with van der Waals surface area (Å²) in [6, 6.07) is 7.39. The van der Waals surface area contributed by atoms with E-state index in [2.05, 4.69) is 4.98 Å². The Morgan fingerprint density at radius 2 is 1.86 bits per heavy atom. The lowest BCUT2D eigenvalue weighted by Gasteiger charge is -2.20. The van der Waals surface area contributed by atoms with E-state index in [0.29, 0.717) is 16.7 Å². The third-order valence-electron chi connectivity index (χ3n) is 4.10. The normalized spacial score (nSPS) is 17.9. The predicted octanol–water partition coefficient (Wildman–Crippen LogP) is 3.68. The molecular formula is C16H20N2O2S. The van der Waals surface area contributed by atoms with Crippen LogP contribution in [0.3, 0.4) is 0 Å². The second-order valence-corrected chi connectivity index (χ2v) is 6.67. The van der Waals surface area contributed by atoms with Crippen molar-refractivity contribution >= 4 is 11.4 Å². The molecule has 5 heteroatoms. The highest BCUT2D eigenvalue weighted by atomic mass is 32.2. The molecule has 1 aliphatic rings. The first-order chi connectivity index (χ1) is 10.1. The van der Waals surface area contributed by atoms with Gasteiger partial charge in [0.05, 0.1) is 17.1 Å². The zero-order valence-electron chi connectivity index (χ0n) is 12.2. The number of aromatic nitrogens is 1. The molecule has 0 radical (unpaired) electrons. The summed E-state index contributed by atoms with van der Waals surface area (Å²) < 4.78 is 17.1. The maximum atomic E-state index is 11.3. The number of aryl methyl sites for hydroxylation is 1. The van der Waals surface area contributed by atoms with Crippen LogP contribution in [-0.4, -0.2) is 9.54 Å². The van der Waals surface area contributed by atoms with Gasteiger partial charge in [-0.05, 0) is 37.1 Å². The molecule has 1 atom stereocenters. The molecule has 1 aromatic carbocycles. The molecule has 0 bridgehead atoms. The number of rotatable bonds is 3. The summed E-state index contributed by atoms with van der Waals surface area (Å²) in [5.41, 5.74) is 2.05. The summed E-state index contributed by atoms with van der Waals surface area (Å²) in [5, 5.41) is 5.39. The van der Waals surface area contributed by atoms with Gasteiger partial charge in [0.2, 0.25) is 0 Å². The molecule has 0 amide bonds. The molecule has 2 N–H and O–H groups in total. The van der Waals surface area contributed by atoms with Gasteiger partial charge in [-0.3, -0.25) is 0 Å². The summed E-state index contributed by atoms with van der Waals surface area (Å²) in [4.78, 5) is 5.24. The molecule has 3 rings (SSSR count). The Morgan fingerprint density at radius 3 is 2.48 bits per heavy atom. The lowest BCUT2D eigenvalue weighted by atomic mass is 9.85. The molecule has 1 aliphatic carbocycles. The maximum absolute atomic E-state index is 11.3. The van der Waals surface area contributed by atoms with E-state index < -0.39 is 11.4 Å². The van der Waals surface area contributed by atoms with E-state index in [9.17, 15) is 4.55 Å². The van der Waals surface area contributed by atoms with E-state index in [4.69, 9.17) is 9.56 Å². The Morgan fingerprint density at radius 1 is 1.19 bits per heavy atom. The topological polar surface area (TPSA) is 75.1 Å². The smallest absolute Gasteiger partial charge is 0.192 e. The van der Waals surface area contributed by atoms with Gasteiger partial charge in [-0.1, -0.05) is 19.3 Å². The molecule has 1 heterocycles. The molecule has 0 saturated heterocycles. The van der Waals surface area contributed by atoms with E-state index in [1.165, 1.54) is 32.1 Å².